The molecule has 0 aliphatic heterocycles. The van der Waals surface area contributed by atoms with Crippen molar-refractivity contribution in [1.82, 2.24) is 0 Å². The number of ether oxygens (including phenoxy) is 1. The van der Waals surface area contributed by atoms with Crippen LogP contribution in [0.3, 0.4) is 0 Å². The first-order valence-corrected chi connectivity index (χ1v) is 5.27. The standard InChI is InChI=1S/C12H7ClF2O3/c13-9-5-7(1-3-11(9)18-12(14)15)10-4-2-8(6-16)17-10/h1-6,12H. The molecule has 2 aromatic rings. The van der Waals surface area contributed by atoms with Crippen LogP contribution in [-0.2, 0) is 0 Å². The van der Waals surface area contributed by atoms with Gasteiger partial charge in [0.05, 0.1) is 5.02 Å². The van der Waals surface area contributed by atoms with Crippen LogP contribution >= 0.6 is 11.6 Å². The lowest BCUT2D eigenvalue weighted by Crippen LogP contribution is -2.02. The lowest BCUT2D eigenvalue weighted by Gasteiger charge is -2.07. The van der Waals surface area contributed by atoms with Crippen LogP contribution in [0, 0.1) is 0 Å². The normalized spacial score (nSPS) is 10.7. The van der Waals surface area contributed by atoms with Crippen molar-refractivity contribution in [3.63, 3.8) is 0 Å². The van der Waals surface area contributed by atoms with E-state index in [0.717, 1.165) is 0 Å². The number of furan rings is 1. The number of aldehydes is 1. The monoisotopic (exact) mass is 272 g/mol. The van der Waals surface area contributed by atoms with Crippen molar-refractivity contribution in [2.75, 3.05) is 0 Å². The third kappa shape index (κ3) is 2.68. The molecule has 1 aromatic heterocycles. The number of halogens is 3. The van der Waals surface area contributed by atoms with Crippen LogP contribution in [0.2, 0.25) is 5.02 Å². The van der Waals surface area contributed by atoms with Crippen LogP contribution in [0.25, 0.3) is 11.3 Å². The SMILES string of the molecule is O=Cc1ccc(-c2ccc(OC(F)F)c(Cl)c2)o1. The maximum atomic E-state index is 12.0. The Kier molecular flexibility index (Phi) is 3.62. The van der Waals surface area contributed by atoms with E-state index < -0.39 is 6.61 Å². The van der Waals surface area contributed by atoms with Gasteiger partial charge >= 0.3 is 6.61 Å². The molecule has 1 aromatic carbocycles. The fraction of sp³-hybridized carbons (Fsp3) is 0.0833. The molecule has 0 bridgehead atoms. The summed E-state index contributed by atoms with van der Waals surface area (Å²) < 4.78 is 33.5. The highest BCUT2D eigenvalue weighted by Crippen LogP contribution is 2.31. The third-order valence-electron chi connectivity index (χ3n) is 2.18. The average molecular weight is 273 g/mol. The van der Waals surface area contributed by atoms with Crippen molar-refractivity contribution in [2.45, 2.75) is 6.61 Å². The molecule has 0 N–H and O–H groups in total. The van der Waals surface area contributed by atoms with E-state index in [2.05, 4.69) is 4.74 Å². The van der Waals surface area contributed by atoms with Crippen molar-refractivity contribution in [1.29, 1.82) is 0 Å². The second kappa shape index (κ2) is 5.18. The van der Waals surface area contributed by atoms with Gasteiger partial charge in [0.15, 0.2) is 12.0 Å². The summed E-state index contributed by atoms with van der Waals surface area (Å²) in [6.45, 7) is -2.93. The minimum Gasteiger partial charge on any atom is -0.453 e. The molecule has 0 aliphatic rings. The summed E-state index contributed by atoms with van der Waals surface area (Å²) >= 11 is 5.79. The van der Waals surface area contributed by atoms with E-state index in [1.807, 2.05) is 0 Å². The molecular formula is C12H7ClF2O3. The van der Waals surface area contributed by atoms with Gasteiger partial charge < -0.3 is 9.15 Å². The molecule has 2 rings (SSSR count). The van der Waals surface area contributed by atoms with Gasteiger partial charge in [-0.2, -0.15) is 8.78 Å². The molecule has 0 unspecified atom stereocenters. The molecule has 6 heteroatoms. The molecule has 94 valence electrons. The van der Waals surface area contributed by atoms with Gasteiger partial charge in [-0.3, -0.25) is 4.79 Å². The molecule has 18 heavy (non-hydrogen) atoms. The fourth-order valence-electron chi connectivity index (χ4n) is 1.42. The molecule has 0 amide bonds. The second-order valence-corrected chi connectivity index (χ2v) is 3.75. The van der Waals surface area contributed by atoms with Gasteiger partial charge in [0.2, 0.25) is 0 Å². The summed E-state index contributed by atoms with van der Waals surface area (Å²) in [7, 11) is 0. The molecule has 1 heterocycles. The van der Waals surface area contributed by atoms with E-state index in [4.69, 9.17) is 16.0 Å². The molecule has 0 saturated carbocycles. The van der Waals surface area contributed by atoms with Crippen LogP contribution in [-0.4, -0.2) is 12.9 Å². The Hall–Kier alpha value is -1.88. The number of rotatable bonds is 4. The van der Waals surface area contributed by atoms with Crippen molar-refractivity contribution in [2.24, 2.45) is 0 Å². The van der Waals surface area contributed by atoms with Gasteiger partial charge in [-0.05, 0) is 30.3 Å². The first-order chi connectivity index (χ1) is 8.60. The first-order valence-electron chi connectivity index (χ1n) is 4.90. The van der Waals surface area contributed by atoms with Gasteiger partial charge in [-0.25, -0.2) is 0 Å². The second-order valence-electron chi connectivity index (χ2n) is 3.34. The van der Waals surface area contributed by atoms with Crippen molar-refractivity contribution < 1.29 is 22.7 Å². The zero-order chi connectivity index (χ0) is 13.1. The van der Waals surface area contributed by atoms with Crippen molar-refractivity contribution in [3.05, 3.63) is 41.1 Å². The van der Waals surface area contributed by atoms with Crippen LogP contribution < -0.4 is 4.74 Å². The molecule has 3 nitrogen and oxygen atoms in total. The zero-order valence-corrected chi connectivity index (χ0v) is 9.66. The summed E-state index contributed by atoms with van der Waals surface area (Å²) in [5, 5.41) is 0.0388. The van der Waals surface area contributed by atoms with E-state index >= 15 is 0 Å². The Labute approximate surface area is 106 Å². The van der Waals surface area contributed by atoms with Gasteiger partial charge in [0.1, 0.15) is 11.5 Å². The Morgan fingerprint density at radius 2 is 2.06 bits per heavy atom. The number of carbonyl (C=O) groups excluding carboxylic acids is 1. The minimum absolute atomic E-state index is 0.0388. The fourth-order valence-corrected chi connectivity index (χ4v) is 1.64. The van der Waals surface area contributed by atoms with Crippen LogP contribution in [0.4, 0.5) is 8.78 Å². The predicted molar refractivity (Wildman–Crippen MR) is 61.2 cm³/mol. The molecule has 0 radical (unpaired) electrons. The Balaban J connectivity index is 2.30. The van der Waals surface area contributed by atoms with Crippen molar-refractivity contribution in [3.8, 4) is 17.1 Å². The summed E-state index contributed by atoms with van der Waals surface area (Å²) in [4.78, 5) is 10.5. The molecular weight excluding hydrogens is 266 g/mol. The number of hydrogen-bond donors (Lipinski definition) is 0. The van der Waals surface area contributed by atoms with Crippen LogP contribution in [0.5, 0.6) is 5.75 Å². The number of carbonyl (C=O) groups is 1. The van der Waals surface area contributed by atoms with E-state index in [1.165, 1.54) is 24.3 Å². The Morgan fingerprint density at radius 1 is 1.28 bits per heavy atom. The lowest BCUT2D eigenvalue weighted by atomic mass is 10.2. The smallest absolute Gasteiger partial charge is 0.387 e. The molecule has 0 aliphatic carbocycles. The Morgan fingerprint density at radius 3 is 2.61 bits per heavy atom. The summed E-state index contributed by atoms with van der Waals surface area (Å²) in [6, 6.07) is 7.33. The number of alkyl halides is 2. The highest BCUT2D eigenvalue weighted by Gasteiger charge is 2.11. The highest BCUT2D eigenvalue weighted by atomic mass is 35.5. The largest absolute Gasteiger partial charge is 0.453 e. The summed E-state index contributed by atoms with van der Waals surface area (Å²) in [5.41, 5.74) is 0.565. The highest BCUT2D eigenvalue weighted by molar-refractivity contribution is 6.32. The number of benzene rings is 1. The Bertz CT molecular complexity index is 566. The van der Waals surface area contributed by atoms with E-state index in [1.54, 1.807) is 6.07 Å². The van der Waals surface area contributed by atoms with Gasteiger partial charge in [0.25, 0.3) is 0 Å². The maximum absolute atomic E-state index is 12.0. The van der Waals surface area contributed by atoms with Gasteiger partial charge in [-0.15, -0.1) is 0 Å². The third-order valence-corrected chi connectivity index (χ3v) is 2.47. The van der Waals surface area contributed by atoms with Gasteiger partial charge in [0, 0.05) is 5.56 Å². The maximum Gasteiger partial charge on any atom is 0.387 e. The van der Waals surface area contributed by atoms with Gasteiger partial charge in [-0.1, -0.05) is 11.6 Å². The lowest BCUT2D eigenvalue weighted by molar-refractivity contribution is -0.0497. The molecule has 0 spiro atoms. The van der Waals surface area contributed by atoms with E-state index in [0.29, 0.717) is 17.6 Å². The number of hydrogen-bond acceptors (Lipinski definition) is 3. The average Bonchev–Trinajstić information content (AvgIpc) is 2.80. The van der Waals surface area contributed by atoms with E-state index in [9.17, 15) is 13.6 Å². The molecule has 0 atom stereocenters. The predicted octanol–water partition coefficient (Wildman–Crippen LogP) is 4.01. The van der Waals surface area contributed by atoms with Crippen LogP contribution in [0.15, 0.2) is 34.7 Å². The zero-order valence-electron chi connectivity index (χ0n) is 8.90. The summed E-state index contributed by atoms with van der Waals surface area (Å²) in [5.74, 6) is 0.481. The topological polar surface area (TPSA) is 39.4 Å². The summed E-state index contributed by atoms with van der Waals surface area (Å²) in [6.07, 6.45) is 0.569. The van der Waals surface area contributed by atoms with E-state index in [-0.39, 0.29) is 16.5 Å². The molecule has 0 fully saturated rings. The first kappa shape index (κ1) is 12.6. The minimum atomic E-state index is -2.93. The van der Waals surface area contributed by atoms with Crippen LogP contribution in [0.1, 0.15) is 10.6 Å². The van der Waals surface area contributed by atoms with Crippen molar-refractivity contribution >= 4 is 17.9 Å². The molecule has 0 saturated heterocycles. The quantitative estimate of drug-likeness (QED) is 0.789.